The molecule has 1 unspecified atom stereocenters. The number of benzene rings is 1. The number of hydrogen-bond donors (Lipinski definition) is 2. The van der Waals surface area contributed by atoms with Crippen LogP contribution in [0.1, 0.15) is 26.7 Å². The highest BCUT2D eigenvalue weighted by atomic mass is 127. The van der Waals surface area contributed by atoms with Crippen LogP contribution >= 0.6 is 24.0 Å². The molecule has 2 rings (SSSR count). The molecule has 1 saturated heterocycles. The molecule has 8 heteroatoms. The molecule has 2 N–H and O–H groups in total. The van der Waals surface area contributed by atoms with E-state index in [1.807, 2.05) is 6.92 Å². The number of nitrogens with one attached hydrogen (secondary N) is 2. The predicted molar refractivity (Wildman–Crippen MR) is 122 cm³/mol. The van der Waals surface area contributed by atoms with Crippen LogP contribution in [0.25, 0.3) is 0 Å². The van der Waals surface area contributed by atoms with E-state index in [-0.39, 0.29) is 35.9 Å². The third kappa shape index (κ3) is 9.38. The van der Waals surface area contributed by atoms with Crippen molar-refractivity contribution in [3.63, 3.8) is 0 Å². The van der Waals surface area contributed by atoms with Crippen LogP contribution in [0, 0.1) is 5.82 Å². The highest BCUT2D eigenvalue weighted by Gasteiger charge is 2.19. The number of likely N-dealkylation sites (tertiary alicyclic amines) is 1. The summed E-state index contributed by atoms with van der Waals surface area (Å²) >= 11 is 0. The Morgan fingerprint density at radius 3 is 2.57 bits per heavy atom. The Kier molecular flexibility index (Phi) is 12.4. The van der Waals surface area contributed by atoms with Crippen molar-refractivity contribution in [3.05, 3.63) is 30.1 Å². The maximum absolute atomic E-state index is 13.0. The first-order valence-electron chi connectivity index (χ1n) is 9.79. The number of guanidine groups is 1. The number of nitrogens with zero attached hydrogens (tertiary/aromatic N) is 2. The summed E-state index contributed by atoms with van der Waals surface area (Å²) in [7, 11) is 1.74. The smallest absolute Gasteiger partial charge is 0.191 e. The SMILES string of the molecule is CCNC(=NCC(C)Oc1ccc(F)cc1)NC1CCN(CCOC)CC1.I. The van der Waals surface area contributed by atoms with Gasteiger partial charge in [-0.1, -0.05) is 0 Å². The first-order chi connectivity index (χ1) is 13.1. The Labute approximate surface area is 185 Å². The summed E-state index contributed by atoms with van der Waals surface area (Å²) in [4.78, 5) is 7.09. The van der Waals surface area contributed by atoms with Crippen molar-refractivity contribution >= 4 is 29.9 Å². The second kappa shape index (κ2) is 13.9. The van der Waals surface area contributed by atoms with E-state index < -0.39 is 0 Å². The summed E-state index contributed by atoms with van der Waals surface area (Å²) in [6.07, 6.45) is 2.09. The summed E-state index contributed by atoms with van der Waals surface area (Å²) in [6, 6.07) is 6.49. The zero-order valence-electron chi connectivity index (χ0n) is 17.1. The van der Waals surface area contributed by atoms with Crippen LogP contribution in [0.2, 0.25) is 0 Å². The number of aliphatic imine (C=N–C) groups is 1. The molecule has 6 nitrogen and oxygen atoms in total. The van der Waals surface area contributed by atoms with E-state index in [0.717, 1.165) is 51.6 Å². The van der Waals surface area contributed by atoms with Crippen LogP contribution in [0.15, 0.2) is 29.3 Å². The molecule has 0 spiro atoms. The quantitative estimate of drug-likeness (QED) is 0.305. The zero-order chi connectivity index (χ0) is 19.5. The summed E-state index contributed by atoms with van der Waals surface area (Å²) < 4.78 is 23.9. The van der Waals surface area contributed by atoms with E-state index in [1.54, 1.807) is 19.2 Å². The number of hydrogen-bond acceptors (Lipinski definition) is 4. The van der Waals surface area contributed by atoms with E-state index in [1.165, 1.54) is 12.1 Å². The molecule has 1 heterocycles. The van der Waals surface area contributed by atoms with Crippen molar-refractivity contribution in [2.75, 3.05) is 46.4 Å². The Hall–Kier alpha value is -1.13. The minimum atomic E-state index is -0.264. The lowest BCUT2D eigenvalue weighted by atomic mass is 10.1. The monoisotopic (exact) mass is 508 g/mol. The van der Waals surface area contributed by atoms with Crippen LogP contribution < -0.4 is 15.4 Å². The molecule has 1 aliphatic rings. The minimum absolute atomic E-state index is 0. The van der Waals surface area contributed by atoms with Gasteiger partial charge in [0.1, 0.15) is 17.7 Å². The van der Waals surface area contributed by atoms with Crippen molar-refractivity contribution < 1.29 is 13.9 Å². The van der Waals surface area contributed by atoms with Gasteiger partial charge in [-0.15, -0.1) is 24.0 Å². The molecular formula is C20H34FIN4O2. The Morgan fingerprint density at radius 2 is 1.96 bits per heavy atom. The van der Waals surface area contributed by atoms with Gasteiger partial charge in [0.2, 0.25) is 0 Å². The van der Waals surface area contributed by atoms with Crippen molar-refractivity contribution in [1.29, 1.82) is 0 Å². The third-order valence-corrected chi connectivity index (χ3v) is 4.54. The first-order valence-corrected chi connectivity index (χ1v) is 9.79. The van der Waals surface area contributed by atoms with Crippen molar-refractivity contribution in [2.24, 2.45) is 4.99 Å². The molecule has 1 aromatic carbocycles. The largest absolute Gasteiger partial charge is 0.489 e. The number of rotatable bonds is 9. The molecule has 0 amide bonds. The van der Waals surface area contributed by atoms with E-state index in [9.17, 15) is 4.39 Å². The van der Waals surface area contributed by atoms with Gasteiger partial charge in [-0.05, 0) is 51.0 Å². The number of halogens is 2. The summed E-state index contributed by atoms with van der Waals surface area (Å²) in [5, 5.41) is 6.84. The standard InChI is InChI=1S/C20H33FN4O2.HI/c1-4-22-20(24-18-9-11-25(12-10-18)13-14-26-3)23-15-16(2)27-19-7-5-17(21)6-8-19;/h5-8,16,18H,4,9-15H2,1-3H3,(H2,22,23,24);1H. The van der Waals surface area contributed by atoms with Crippen LogP contribution in [0.5, 0.6) is 5.75 Å². The normalized spacial score (nSPS) is 16.9. The molecule has 1 aromatic rings. The fourth-order valence-electron chi connectivity index (χ4n) is 3.04. The van der Waals surface area contributed by atoms with Gasteiger partial charge in [-0.25, -0.2) is 9.38 Å². The maximum Gasteiger partial charge on any atom is 0.191 e. The second-order valence-electron chi connectivity index (χ2n) is 6.86. The predicted octanol–water partition coefficient (Wildman–Crippen LogP) is 2.88. The lowest BCUT2D eigenvalue weighted by Crippen LogP contribution is -2.49. The highest BCUT2D eigenvalue weighted by Crippen LogP contribution is 2.13. The molecule has 160 valence electrons. The molecule has 1 fully saturated rings. The van der Waals surface area contributed by atoms with Gasteiger partial charge in [-0.3, -0.25) is 0 Å². The number of piperidine rings is 1. The average Bonchev–Trinajstić information content (AvgIpc) is 2.67. The first kappa shape index (κ1) is 24.9. The van der Waals surface area contributed by atoms with Crippen LogP contribution in [0.3, 0.4) is 0 Å². The van der Waals surface area contributed by atoms with Gasteiger partial charge < -0.3 is 25.0 Å². The van der Waals surface area contributed by atoms with E-state index in [4.69, 9.17) is 9.47 Å². The molecule has 0 radical (unpaired) electrons. The summed E-state index contributed by atoms with van der Waals surface area (Å²) in [5.74, 6) is 1.21. The average molecular weight is 508 g/mol. The van der Waals surface area contributed by atoms with Gasteiger partial charge in [0, 0.05) is 39.3 Å². The molecule has 0 bridgehead atoms. The third-order valence-electron chi connectivity index (χ3n) is 4.54. The van der Waals surface area contributed by atoms with Gasteiger partial charge in [0.15, 0.2) is 5.96 Å². The fraction of sp³-hybridized carbons (Fsp3) is 0.650. The Balaban J connectivity index is 0.00000392. The van der Waals surface area contributed by atoms with Crippen LogP contribution in [0.4, 0.5) is 4.39 Å². The van der Waals surface area contributed by atoms with Gasteiger partial charge >= 0.3 is 0 Å². The van der Waals surface area contributed by atoms with Gasteiger partial charge in [0.25, 0.3) is 0 Å². The molecule has 0 aromatic heterocycles. The van der Waals surface area contributed by atoms with E-state index in [0.29, 0.717) is 18.3 Å². The number of methoxy groups -OCH3 is 1. The van der Waals surface area contributed by atoms with Gasteiger partial charge in [0.05, 0.1) is 13.2 Å². The molecule has 28 heavy (non-hydrogen) atoms. The fourth-order valence-corrected chi connectivity index (χ4v) is 3.04. The lowest BCUT2D eigenvalue weighted by Gasteiger charge is -2.32. The summed E-state index contributed by atoms with van der Waals surface area (Å²) in [6.45, 7) is 9.29. The second-order valence-corrected chi connectivity index (χ2v) is 6.86. The molecule has 0 aliphatic carbocycles. The Morgan fingerprint density at radius 1 is 1.29 bits per heavy atom. The van der Waals surface area contributed by atoms with Crippen LogP contribution in [-0.4, -0.2) is 69.4 Å². The topological polar surface area (TPSA) is 58.1 Å². The molecule has 1 atom stereocenters. The summed E-state index contributed by atoms with van der Waals surface area (Å²) in [5.41, 5.74) is 0. The minimum Gasteiger partial charge on any atom is -0.489 e. The van der Waals surface area contributed by atoms with Crippen molar-refractivity contribution in [3.8, 4) is 5.75 Å². The lowest BCUT2D eigenvalue weighted by molar-refractivity contribution is 0.128. The zero-order valence-corrected chi connectivity index (χ0v) is 19.4. The Bertz CT molecular complexity index is 566. The van der Waals surface area contributed by atoms with Crippen LogP contribution in [-0.2, 0) is 4.74 Å². The van der Waals surface area contributed by atoms with E-state index in [2.05, 4.69) is 27.4 Å². The molecular weight excluding hydrogens is 474 g/mol. The highest BCUT2D eigenvalue weighted by molar-refractivity contribution is 14.0. The van der Waals surface area contributed by atoms with Gasteiger partial charge in [-0.2, -0.15) is 0 Å². The number of ether oxygens (including phenoxy) is 2. The van der Waals surface area contributed by atoms with Crippen molar-refractivity contribution in [2.45, 2.75) is 38.8 Å². The van der Waals surface area contributed by atoms with Crippen molar-refractivity contribution in [1.82, 2.24) is 15.5 Å². The maximum atomic E-state index is 13.0. The molecule has 0 saturated carbocycles. The molecule has 1 aliphatic heterocycles. The van der Waals surface area contributed by atoms with E-state index >= 15 is 0 Å².